The van der Waals surface area contributed by atoms with Crippen LogP contribution in [0, 0.1) is 64.5 Å². The molecule has 1 amide bonds. The number of hydrogen-bond acceptors (Lipinski definition) is 11. The quantitative estimate of drug-likeness (QED) is 0.162. The fourth-order valence-electron chi connectivity index (χ4n) is 6.30. The maximum absolute atomic E-state index is 12.5. The van der Waals surface area contributed by atoms with Gasteiger partial charge in [0.2, 0.25) is 6.04 Å². The normalized spacial score (nSPS) is 15.6. The highest BCUT2D eigenvalue weighted by atomic mass is 16.6. The summed E-state index contributed by atoms with van der Waals surface area (Å²) in [6.45, 7) is 18.7. The van der Waals surface area contributed by atoms with Crippen LogP contribution in [0.2, 0.25) is 0 Å². The molecule has 4 rings (SSSR count). The molecule has 2 aromatic rings. The van der Waals surface area contributed by atoms with Crippen LogP contribution >= 0.6 is 0 Å². The lowest BCUT2D eigenvalue weighted by Crippen LogP contribution is -2.48. The molecule has 1 aliphatic heterocycles. The van der Waals surface area contributed by atoms with E-state index in [2.05, 4.69) is 14.6 Å². The zero-order valence-electron chi connectivity index (χ0n) is 31.1. The topological polar surface area (TPSA) is 217 Å². The van der Waals surface area contributed by atoms with Crippen LogP contribution in [0.3, 0.4) is 0 Å². The van der Waals surface area contributed by atoms with E-state index in [1.807, 2.05) is 24.3 Å². The van der Waals surface area contributed by atoms with Gasteiger partial charge in [-0.2, -0.15) is 10.8 Å². The minimum absolute atomic E-state index is 0.0132. The van der Waals surface area contributed by atoms with E-state index in [0.29, 0.717) is 39.0 Å². The Morgan fingerprint density at radius 3 is 1.95 bits per heavy atom. The van der Waals surface area contributed by atoms with Gasteiger partial charge in [-0.1, -0.05) is 66.3 Å². The second kappa shape index (κ2) is 20.2. The van der Waals surface area contributed by atoms with Crippen molar-refractivity contribution in [1.82, 2.24) is 9.80 Å². The Morgan fingerprint density at radius 2 is 1.45 bits per heavy atom. The predicted molar refractivity (Wildman–Crippen MR) is 205 cm³/mol. The summed E-state index contributed by atoms with van der Waals surface area (Å²) in [5.41, 5.74) is 2.58. The monoisotopic (exact) mass is 767 g/mol. The molecule has 1 fully saturated rings. The highest BCUT2D eigenvalue weighted by Crippen LogP contribution is 2.36. The van der Waals surface area contributed by atoms with E-state index in [1.54, 1.807) is 36.1 Å². The first kappa shape index (κ1) is 42.2. The Hall–Kier alpha value is -8.56. The van der Waals surface area contributed by atoms with Gasteiger partial charge in [-0.3, -0.25) is 0 Å². The largest absolute Gasteiger partial charge is 0.545 e. The minimum Gasteiger partial charge on any atom is -0.545 e. The van der Waals surface area contributed by atoms with Crippen molar-refractivity contribution in [3.8, 4) is 24.3 Å². The van der Waals surface area contributed by atoms with Crippen LogP contribution in [0.4, 0.5) is 4.79 Å². The number of carboxylic acid groups (broad SMARTS) is 2. The molecule has 1 heterocycles. The number of amides is 1. The van der Waals surface area contributed by atoms with E-state index in [4.69, 9.17) is 17.9 Å². The minimum atomic E-state index is -1.41. The molecule has 1 saturated heterocycles. The number of aromatic carboxylic acids is 2. The van der Waals surface area contributed by atoms with Gasteiger partial charge >= 0.3 is 6.09 Å². The van der Waals surface area contributed by atoms with E-state index < -0.39 is 18.0 Å². The van der Waals surface area contributed by atoms with Crippen LogP contribution in [0.5, 0.6) is 0 Å². The Bertz CT molecular complexity index is 2420. The molecule has 1 aliphatic carbocycles. The number of nitrogens with zero attached hydrogens (tertiary/aromatic N) is 8. The van der Waals surface area contributed by atoms with E-state index in [1.165, 1.54) is 60.7 Å². The molecule has 0 aromatic heterocycles. The zero-order valence-corrected chi connectivity index (χ0v) is 31.1. The molecule has 0 spiro atoms. The fraction of sp³-hybridized carbons (Fsp3) is 0.182. The highest BCUT2D eigenvalue weighted by Gasteiger charge is 2.28. The second-order valence-corrected chi connectivity index (χ2v) is 12.3. The molecule has 0 saturated carbocycles. The molecule has 0 bridgehead atoms. The van der Waals surface area contributed by atoms with Crippen LogP contribution in [0.25, 0.3) is 20.8 Å². The summed E-state index contributed by atoms with van der Waals surface area (Å²) in [6.07, 6.45) is 10.4. The van der Waals surface area contributed by atoms with Crippen LogP contribution in [-0.4, -0.2) is 60.6 Å². The van der Waals surface area contributed by atoms with Crippen molar-refractivity contribution < 1.29 is 29.3 Å². The number of carbonyl (C=O) groups is 3. The maximum Gasteiger partial charge on any atom is 0.409 e. The number of allylic oxidation sites excluding steroid dienone is 12. The van der Waals surface area contributed by atoms with Gasteiger partial charge in [-0.25, -0.2) is 30.3 Å². The van der Waals surface area contributed by atoms with Gasteiger partial charge < -0.3 is 34.3 Å². The first-order chi connectivity index (χ1) is 28.0. The molecule has 58 heavy (non-hydrogen) atoms. The van der Waals surface area contributed by atoms with E-state index in [9.17, 15) is 45.6 Å². The number of ether oxygens (including phenoxy) is 1. The number of rotatable bonds is 12. The lowest BCUT2D eigenvalue weighted by atomic mass is 9.93. The number of piperazine rings is 1. The molecule has 0 atom stereocenters. The third-order valence-electron chi connectivity index (χ3n) is 9.02. The van der Waals surface area contributed by atoms with Gasteiger partial charge in [-0.05, 0) is 59.7 Å². The average molecular weight is 768 g/mol. The van der Waals surface area contributed by atoms with Gasteiger partial charge in [0.25, 0.3) is 5.70 Å². The molecule has 286 valence electrons. The number of benzene rings is 2. The van der Waals surface area contributed by atoms with Gasteiger partial charge in [0.15, 0.2) is 0 Å². The van der Waals surface area contributed by atoms with Crippen molar-refractivity contribution in [2.45, 2.75) is 19.8 Å². The Labute approximate surface area is 335 Å². The molecule has 0 N–H and O–H groups in total. The third-order valence-corrected chi connectivity index (χ3v) is 9.02. The fourth-order valence-corrected chi connectivity index (χ4v) is 6.30. The second-order valence-electron chi connectivity index (χ2n) is 12.3. The average Bonchev–Trinajstić information content (AvgIpc) is 3.65. The first-order valence-electron chi connectivity index (χ1n) is 17.6. The van der Waals surface area contributed by atoms with E-state index in [-0.39, 0.29) is 62.9 Å². The molecule has 14 heteroatoms. The van der Waals surface area contributed by atoms with E-state index in [0.717, 1.165) is 16.8 Å². The summed E-state index contributed by atoms with van der Waals surface area (Å²) in [5.74, 6) is -2.81. The van der Waals surface area contributed by atoms with Crippen LogP contribution in [0.15, 0.2) is 119 Å². The molecular weight excluding hydrogens is 737 g/mol. The van der Waals surface area contributed by atoms with Crippen LogP contribution in [-0.2, 0) is 4.74 Å². The molecule has 14 nitrogen and oxygen atoms in total. The Kier molecular flexibility index (Phi) is 14.7. The summed E-state index contributed by atoms with van der Waals surface area (Å²) in [6, 6.07) is 17.9. The van der Waals surface area contributed by atoms with Crippen LogP contribution in [0.1, 0.15) is 51.6 Å². The van der Waals surface area contributed by atoms with E-state index >= 15 is 0 Å². The summed E-state index contributed by atoms with van der Waals surface area (Å²) < 4.78 is 5.18. The molecule has 2 aromatic carbocycles. The maximum atomic E-state index is 12.5. The van der Waals surface area contributed by atoms with Crippen molar-refractivity contribution >= 4 is 29.2 Å². The smallest absolute Gasteiger partial charge is 0.409 e. The summed E-state index contributed by atoms with van der Waals surface area (Å²) in [5, 5.41) is 62.3. The summed E-state index contributed by atoms with van der Waals surface area (Å²) in [4.78, 5) is 45.3. The third kappa shape index (κ3) is 9.94. The Balaban J connectivity index is 1.79. The van der Waals surface area contributed by atoms with Crippen molar-refractivity contribution in [3.63, 3.8) is 0 Å². The molecule has 0 unspecified atom stereocenters. The van der Waals surface area contributed by atoms with Gasteiger partial charge in [0.05, 0.1) is 55.5 Å². The standard InChI is InChI=1S/C44H33N8O6/c1-4-58-44(57)52-23-21-51(22-24-52)41-31(7-5-9-35(25-45)39(37(27-47)49-2)29-11-17-33(18-12-29)42(53)54)15-16-32(41)8-6-10-36(26-46)40(38(28-48)50-3)30-13-19-34(20-14-30)43(55)56/h5-14,17-20H,4,15-16,21-24H2,1H3,(H,53,54)(H,55,56)/q-1/p-2/b7-5+,10-6+,32-8+,35-9+,39-37+,40-36+. The van der Waals surface area contributed by atoms with Crippen LogP contribution < -0.4 is 10.2 Å². The van der Waals surface area contributed by atoms with Crippen molar-refractivity contribution in [2.24, 2.45) is 0 Å². The zero-order chi connectivity index (χ0) is 42.2. The van der Waals surface area contributed by atoms with Crippen molar-refractivity contribution in [2.75, 3.05) is 32.8 Å². The lowest BCUT2D eigenvalue weighted by molar-refractivity contribution is -0.256. The SMILES string of the molecule is [C-]#[N+]/C(C#N)=C(/C(C#N)=C/C=C/C1=C(N2CCN(C(=O)OCC)CC2)C(=C/C=C/C(C#N)=C(/c2ccc(C(=O)[O-])cc2)[C-](C#N)[N+]#[C-])/CC1)c1ccc(C(=O)[O-])cc1. The number of carboxylic acids is 2. The predicted octanol–water partition coefficient (Wildman–Crippen LogP) is 4.83. The Morgan fingerprint density at radius 1 is 0.845 bits per heavy atom. The number of nitriles is 4. The van der Waals surface area contributed by atoms with Gasteiger partial charge in [-0.15, -0.1) is 23.8 Å². The molecule has 0 radical (unpaired) electrons. The lowest BCUT2D eigenvalue weighted by Gasteiger charge is -2.37. The van der Waals surface area contributed by atoms with Crippen molar-refractivity contribution in [1.29, 1.82) is 21.0 Å². The summed E-state index contributed by atoms with van der Waals surface area (Å²) in [7, 11) is 0. The first-order valence-corrected chi connectivity index (χ1v) is 17.6. The molecule has 2 aliphatic rings. The summed E-state index contributed by atoms with van der Waals surface area (Å²) >= 11 is 0. The molecular formula is C44H31N8O6-3. The van der Waals surface area contributed by atoms with Crippen molar-refractivity contribution in [3.05, 3.63) is 170 Å². The highest BCUT2D eigenvalue weighted by molar-refractivity contribution is 5.91. The number of hydrogen-bond donors (Lipinski definition) is 0. The van der Waals surface area contributed by atoms with Gasteiger partial charge in [0, 0.05) is 37.4 Å². The van der Waals surface area contributed by atoms with Gasteiger partial charge in [0.1, 0.15) is 0 Å². The number of carbonyl (C=O) groups excluding carboxylic acids is 3.